The molecule has 0 saturated heterocycles. The molecular formula is C14H13FN4O2. The van der Waals surface area contributed by atoms with Crippen molar-refractivity contribution in [3.05, 3.63) is 35.9 Å². The summed E-state index contributed by atoms with van der Waals surface area (Å²) in [5.74, 6) is -0.248. The number of hydrogen-bond acceptors (Lipinski definition) is 6. The van der Waals surface area contributed by atoms with Gasteiger partial charge in [-0.05, 0) is 26.0 Å². The van der Waals surface area contributed by atoms with Crippen molar-refractivity contribution in [3.8, 4) is 23.6 Å². The molecule has 1 aromatic heterocycles. The van der Waals surface area contributed by atoms with Gasteiger partial charge in [-0.15, -0.1) is 0 Å². The van der Waals surface area contributed by atoms with Gasteiger partial charge in [0.05, 0.1) is 11.7 Å². The van der Waals surface area contributed by atoms with Crippen LogP contribution in [0.1, 0.15) is 19.4 Å². The molecule has 7 heteroatoms. The lowest BCUT2D eigenvalue weighted by Gasteiger charge is -2.13. The lowest BCUT2D eigenvalue weighted by molar-refractivity contribution is 0.232. The maximum Gasteiger partial charge on any atom is 0.249 e. The van der Waals surface area contributed by atoms with E-state index in [1.165, 1.54) is 18.5 Å². The SMILES string of the molecule is CC(C)Oc1ncnc(Oc2ccc(C#N)c(F)c2)c1N. The third kappa shape index (κ3) is 3.36. The summed E-state index contributed by atoms with van der Waals surface area (Å²) in [4.78, 5) is 7.80. The number of benzene rings is 1. The highest BCUT2D eigenvalue weighted by Gasteiger charge is 2.13. The predicted octanol–water partition coefficient (Wildman–Crippen LogP) is 2.65. The highest BCUT2D eigenvalue weighted by atomic mass is 19.1. The van der Waals surface area contributed by atoms with Crippen molar-refractivity contribution in [3.63, 3.8) is 0 Å². The zero-order chi connectivity index (χ0) is 15.4. The Balaban J connectivity index is 2.28. The number of halogens is 1. The van der Waals surface area contributed by atoms with Crippen LogP contribution in [0.25, 0.3) is 0 Å². The van der Waals surface area contributed by atoms with E-state index in [2.05, 4.69) is 9.97 Å². The molecular weight excluding hydrogens is 275 g/mol. The van der Waals surface area contributed by atoms with Crippen molar-refractivity contribution in [2.24, 2.45) is 0 Å². The normalized spacial score (nSPS) is 10.2. The van der Waals surface area contributed by atoms with Crippen LogP contribution in [0.15, 0.2) is 24.5 Å². The smallest absolute Gasteiger partial charge is 0.249 e. The Kier molecular flexibility index (Phi) is 4.18. The van der Waals surface area contributed by atoms with Crippen molar-refractivity contribution in [2.45, 2.75) is 20.0 Å². The van der Waals surface area contributed by atoms with Crippen molar-refractivity contribution in [1.82, 2.24) is 9.97 Å². The molecule has 108 valence electrons. The first-order valence-corrected chi connectivity index (χ1v) is 6.16. The molecule has 0 aliphatic carbocycles. The van der Waals surface area contributed by atoms with Gasteiger partial charge in [0.25, 0.3) is 0 Å². The van der Waals surface area contributed by atoms with Gasteiger partial charge in [0.1, 0.15) is 24.0 Å². The summed E-state index contributed by atoms with van der Waals surface area (Å²) >= 11 is 0. The van der Waals surface area contributed by atoms with E-state index >= 15 is 0 Å². The van der Waals surface area contributed by atoms with Crippen molar-refractivity contribution in [2.75, 3.05) is 5.73 Å². The Morgan fingerprint density at radius 2 is 2.00 bits per heavy atom. The van der Waals surface area contributed by atoms with Gasteiger partial charge in [-0.2, -0.15) is 15.2 Å². The number of nitrogens with zero attached hydrogens (tertiary/aromatic N) is 3. The van der Waals surface area contributed by atoms with Crippen molar-refractivity contribution < 1.29 is 13.9 Å². The first-order chi connectivity index (χ1) is 10.0. The predicted molar refractivity (Wildman–Crippen MR) is 73.4 cm³/mol. The minimum Gasteiger partial charge on any atom is -0.473 e. The second-order valence-electron chi connectivity index (χ2n) is 4.42. The number of rotatable bonds is 4. The van der Waals surface area contributed by atoms with Crippen LogP contribution in [-0.2, 0) is 0 Å². The number of ether oxygens (including phenoxy) is 2. The summed E-state index contributed by atoms with van der Waals surface area (Å²) in [6.07, 6.45) is 1.13. The molecule has 0 radical (unpaired) electrons. The van der Waals surface area contributed by atoms with Crippen LogP contribution in [0, 0.1) is 17.1 Å². The van der Waals surface area contributed by atoms with Gasteiger partial charge in [0.15, 0.2) is 5.69 Å². The monoisotopic (exact) mass is 288 g/mol. The van der Waals surface area contributed by atoms with Crippen molar-refractivity contribution >= 4 is 5.69 Å². The van der Waals surface area contributed by atoms with Gasteiger partial charge in [-0.25, -0.2) is 4.39 Å². The molecule has 2 aromatic rings. The molecule has 0 aliphatic heterocycles. The fourth-order valence-electron chi connectivity index (χ4n) is 1.52. The van der Waals surface area contributed by atoms with E-state index in [4.69, 9.17) is 20.5 Å². The second-order valence-corrected chi connectivity index (χ2v) is 4.42. The van der Waals surface area contributed by atoms with Gasteiger partial charge in [-0.1, -0.05) is 0 Å². The molecule has 0 atom stereocenters. The van der Waals surface area contributed by atoms with Gasteiger partial charge in [-0.3, -0.25) is 0 Å². The van der Waals surface area contributed by atoms with Crippen molar-refractivity contribution in [1.29, 1.82) is 5.26 Å². The molecule has 0 unspecified atom stereocenters. The summed E-state index contributed by atoms with van der Waals surface area (Å²) in [5, 5.41) is 8.68. The summed E-state index contributed by atoms with van der Waals surface area (Å²) in [6.45, 7) is 3.66. The minimum atomic E-state index is -0.679. The highest BCUT2D eigenvalue weighted by Crippen LogP contribution is 2.31. The van der Waals surface area contributed by atoms with Gasteiger partial charge >= 0.3 is 0 Å². The maximum absolute atomic E-state index is 13.5. The summed E-state index contributed by atoms with van der Waals surface area (Å²) in [6, 6.07) is 5.58. The molecule has 0 fully saturated rings. The van der Waals surface area contributed by atoms with Crippen LogP contribution >= 0.6 is 0 Å². The molecule has 21 heavy (non-hydrogen) atoms. The van der Waals surface area contributed by atoms with Crippen LogP contribution in [0.3, 0.4) is 0 Å². The number of hydrogen-bond donors (Lipinski definition) is 1. The largest absolute Gasteiger partial charge is 0.473 e. The zero-order valence-corrected chi connectivity index (χ0v) is 11.5. The first kappa shape index (κ1) is 14.5. The van der Waals surface area contributed by atoms with Crippen LogP contribution in [0.4, 0.5) is 10.1 Å². The molecule has 0 aliphatic rings. The second kappa shape index (κ2) is 6.05. The van der Waals surface area contributed by atoms with E-state index < -0.39 is 5.82 Å². The average Bonchev–Trinajstić information content (AvgIpc) is 2.43. The lowest BCUT2D eigenvalue weighted by Crippen LogP contribution is -2.10. The molecule has 1 aromatic carbocycles. The Morgan fingerprint density at radius 1 is 1.29 bits per heavy atom. The molecule has 0 bridgehead atoms. The Labute approximate surface area is 121 Å². The third-order valence-corrected chi connectivity index (χ3v) is 2.43. The topological polar surface area (TPSA) is 94.0 Å². The minimum absolute atomic E-state index is 0.0600. The Hall–Kier alpha value is -2.88. The highest BCUT2D eigenvalue weighted by molar-refractivity contribution is 5.57. The van der Waals surface area contributed by atoms with Gasteiger partial charge in [0, 0.05) is 6.07 Å². The number of nitriles is 1. The number of aromatic nitrogens is 2. The zero-order valence-electron chi connectivity index (χ0n) is 11.5. The van der Waals surface area contributed by atoms with E-state index in [1.807, 2.05) is 13.8 Å². The van der Waals surface area contributed by atoms with Gasteiger partial charge in [0.2, 0.25) is 11.8 Å². The lowest BCUT2D eigenvalue weighted by atomic mass is 10.2. The van der Waals surface area contributed by atoms with Crippen LogP contribution in [-0.4, -0.2) is 16.1 Å². The Morgan fingerprint density at radius 3 is 2.62 bits per heavy atom. The maximum atomic E-state index is 13.5. The summed E-state index contributed by atoms with van der Waals surface area (Å²) in [5.41, 5.74) is 5.91. The molecule has 1 heterocycles. The van der Waals surface area contributed by atoms with E-state index in [-0.39, 0.29) is 34.9 Å². The molecule has 6 nitrogen and oxygen atoms in total. The number of nitrogens with two attached hydrogens (primary N) is 1. The average molecular weight is 288 g/mol. The molecule has 0 spiro atoms. The van der Waals surface area contributed by atoms with Crippen LogP contribution in [0.5, 0.6) is 17.5 Å². The number of anilines is 1. The molecule has 0 saturated carbocycles. The quantitative estimate of drug-likeness (QED) is 0.929. The first-order valence-electron chi connectivity index (χ1n) is 6.16. The molecule has 2 rings (SSSR count). The summed E-state index contributed by atoms with van der Waals surface area (Å²) < 4.78 is 24.3. The fourth-order valence-corrected chi connectivity index (χ4v) is 1.52. The number of nitrogen functional groups attached to an aromatic ring is 1. The van der Waals surface area contributed by atoms with Crippen LogP contribution < -0.4 is 15.2 Å². The van der Waals surface area contributed by atoms with Crippen LogP contribution in [0.2, 0.25) is 0 Å². The van der Waals surface area contributed by atoms with E-state index in [9.17, 15) is 4.39 Å². The van der Waals surface area contributed by atoms with E-state index in [1.54, 1.807) is 6.07 Å². The van der Waals surface area contributed by atoms with E-state index in [0.717, 1.165) is 6.07 Å². The summed E-state index contributed by atoms with van der Waals surface area (Å²) in [7, 11) is 0. The third-order valence-electron chi connectivity index (χ3n) is 2.43. The van der Waals surface area contributed by atoms with Gasteiger partial charge < -0.3 is 15.2 Å². The molecule has 2 N–H and O–H groups in total. The van der Waals surface area contributed by atoms with E-state index in [0.29, 0.717) is 0 Å². The molecule has 0 amide bonds. The standard InChI is InChI=1S/C14H13FN4O2/c1-8(2)20-13-12(17)14(19-7-18-13)21-10-4-3-9(6-16)11(15)5-10/h3-5,7-8H,17H2,1-2H3. The Bertz CT molecular complexity index is 698. The fraction of sp³-hybridized carbons (Fsp3) is 0.214.